The first kappa shape index (κ1) is 28.8. The molecule has 7 heteroatoms. The standard InChI is InChI=1S/C36H38N4O3/c41-24-17-27-11-13-30(14-12-27)35(42)39-18-15-32(16-19-39)38-20-22-40(23-21-38)36(43)31-25-33(28-7-3-1-4-8-28)37-34(26-31)29-9-5-2-6-10-29/h1-14,25-26,32,41H,15-24H2. The first-order valence-electron chi connectivity index (χ1n) is 15.2. The summed E-state index contributed by atoms with van der Waals surface area (Å²) in [7, 11) is 0. The highest BCUT2D eigenvalue weighted by Gasteiger charge is 2.31. The molecule has 3 heterocycles. The first-order chi connectivity index (χ1) is 21.1. The van der Waals surface area contributed by atoms with Gasteiger partial charge in [0.2, 0.25) is 0 Å². The molecular formula is C36H38N4O3. The van der Waals surface area contributed by atoms with Gasteiger partial charge in [-0.15, -0.1) is 0 Å². The molecule has 0 unspecified atom stereocenters. The second kappa shape index (κ2) is 13.3. The SMILES string of the molecule is O=C(c1ccc(CCO)cc1)N1CCC(N2CCN(C(=O)c3cc(-c4ccccc4)nc(-c4ccccc4)c3)CC2)CC1. The molecule has 7 nitrogen and oxygen atoms in total. The van der Waals surface area contributed by atoms with Crippen LogP contribution in [0, 0.1) is 0 Å². The van der Waals surface area contributed by atoms with E-state index < -0.39 is 0 Å². The minimum Gasteiger partial charge on any atom is -0.396 e. The Morgan fingerprint density at radius 2 is 1.16 bits per heavy atom. The minimum absolute atomic E-state index is 0.0434. The number of rotatable bonds is 7. The van der Waals surface area contributed by atoms with E-state index in [4.69, 9.17) is 10.1 Å². The van der Waals surface area contributed by atoms with Crippen LogP contribution in [-0.4, -0.2) is 88.5 Å². The molecular weight excluding hydrogens is 536 g/mol. The molecule has 2 aliphatic rings. The van der Waals surface area contributed by atoms with Crippen LogP contribution in [0.2, 0.25) is 0 Å². The van der Waals surface area contributed by atoms with Gasteiger partial charge in [0.1, 0.15) is 0 Å². The van der Waals surface area contributed by atoms with Gasteiger partial charge in [-0.3, -0.25) is 14.5 Å². The minimum atomic E-state index is 0.0434. The molecule has 0 aliphatic carbocycles. The van der Waals surface area contributed by atoms with Crippen molar-refractivity contribution in [3.05, 3.63) is 114 Å². The van der Waals surface area contributed by atoms with Crippen LogP contribution < -0.4 is 0 Å². The monoisotopic (exact) mass is 574 g/mol. The molecule has 1 aromatic heterocycles. The van der Waals surface area contributed by atoms with E-state index in [0.717, 1.165) is 67.1 Å². The first-order valence-corrected chi connectivity index (χ1v) is 15.2. The quantitative estimate of drug-likeness (QED) is 0.336. The maximum absolute atomic E-state index is 13.8. The second-order valence-corrected chi connectivity index (χ2v) is 11.4. The summed E-state index contributed by atoms with van der Waals surface area (Å²) in [6.45, 7) is 4.61. The number of carbonyl (C=O) groups excluding carboxylic acids is 2. The van der Waals surface area contributed by atoms with E-state index in [0.29, 0.717) is 36.7 Å². The molecule has 220 valence electrons. The summed E-state index contributed by atoms with van der Waals surface area (Å²) in [5.41, 5.74) is 5.97. The van der Waals surface area contributed by atoms with E-state index in [1.807, 2.05) is 107 Å². The van der Waals surface area contributed by atoms with Gasteiger partial charge in [0.15, 0.2) is 0 Å². The molecule has 1 N–H and O–H groups in total. The Hall–Kier alpha value is -4.33. The lowest BCUT2D eigenvalue weighted by atomic mass is 10.0. The number of aromatic nitrogens is 1. The largest absolute Gasteiger partial charge is 0.396 e. The lowest BCUT2D eigenvalue weighted by molar-refractivity contribution is 0.0412. The Balaban J connectivity index is 1.07. The lowest BCUT2D eigenvalue weighted by Gasteiger charge is -2.42. The highest BCUT2D eigenvalue weighted by Crippen LogP contribution is 2.26. The van der Waals surface area contributed by atoms with Crippen LogP contribution in [-0.2, 0) is 6.42 Å². The lowest BCUT2D eigenvalue weighted by Crippen LogP contribution is -2.54. The normalized spacial score (nSPS) is 16.3. The van der Waals surface area contributed by atoms with Gasteiger partial charge in [0.25, 0.3) is 11.8 Å². The van der Waals surface area contributed by atoms with Gasteiger partial charge in [0, 0.05) is 74.2 Å². The third-order valence-electron chi connectivity index (χ3n) is 8.68. The van der Waals surface area contributed by atoms with Crippen LogP contribution in [0.3, 0.4) is 0 Å². The average molecular weight is 575 g/mol. The van der Waals surface area contributed by atoms with E-state index >= 15 is 0 Å². The van der Waals surface area contributed by atoms with Crippen LogP contribution in [0.15, 0.2) is 97.1 Å². The van der Waals surface area contributed by atoms with E-state index in [1.165, 1.54) is 0 Å². The van der Waals surface area contributed by atoms with Crippen molar-refractivity contribution in [1.82, 2.24) is 19.7 Å². The van der Waals surface area contributed by atoms with E-state index in [-0.39, 0.29) is 18.4 Å². The van der Waals surface area contributed by atoms with Gasteiger partial charge in [-0.2, -0.15) is 0 Å². The number of hydrogen-bond donors (Lipinski definition) is 1. The van der Waals surface area contributed by atoms with Crippen molar-refractivity contribution in [3.8, 4) is 22.5 Å². The molecule has 0 spiro atoms. The fourth-order valence-corrected chi connectivity index (χ4v) is 6.20. The summed E-state index contributed by atoms with van der Waals surface area (Å²) in [5, 5.41) is 9.13. The van der Waals surface area contributed by atoms with E-state index in [2.05, 4.69) is 4.90 Å². The number of nitrogens with zero attached hydrogens (tertiary/aromatic N) is 4. The molecule has 4 aromatic rings. The van der Waals surface area contributed by atoms with Crippen LogP contribution in [0.4, 0.5) is 0 Å². The van der Waals surface area contributed by atoms with Crippen molar-refractivity contribution in [2.75, 3.05) is 45.9 Å². The van der Waals surface area contributed by atoms with Crippen molar-refractivity contribution in [2.45, 2.75) is 25.3 Å². The second-order valence-electron chi connectivity index (χ2n) is 11.4. The van der Waals surface area contributed by atoms with Crippen LogP contribution >= 0.6 is 0 Å². The number of aliphatic hydroxyl groups is 1. The zero-order chi connectivity index (χ0) is 29.6. The number of benzene rings is 3. The predicted octanol–water partition coefficient (Wildman–Crippen LogP) is 5.01. The van der Waals surface area contributed by atoms with Gasteiger partial charge in [-0.25, -0.2) is 4.98 Å². The third-order valence-corrected chi connectivity index (χ3v) is 8.68. The van der Waals surface area contributed by atoms with Gasteiger partial charge in [-0.1, -0.05) is 72.8 Å². The highest BCUT2D eigenvalue weighted by atomic mass is 16.3. The molecule has 2 aliphatic heterocycles. The molecule has 0 bridgehead atoms. The van der Waals surface area contributed by atoms with Gasteiger partial charge in [-0.05, 0) is 49.1 Å². The smallest absolute Gasteiger partial charge is 0.254 e. The summed E-state index contributed by atoms with van der Waals surface area (Å²) < 4.78 is 0. The summed E-state index contributed by atoms with van der Waals surface area (Å²) >= 11 is 0. The van der Waals surface area contributed by atoms with Crippen molar-refractivity contribution >= 4 is 11.8 Å². The van der Waals surface area contributed by atoms with E-state index in [9.17, 15) is 9.59 Å². The number of amides is 2. The summed E-state index contributed by atoms with van der Waals surface area (Å²) in [5.74, 6) is 0.119. The van der Waals surface area contributed by atoms with Crippen molar-refractivity contribution in [3.63, 3.8) is 0 Å². The number of likely N-dealkylation sites (tertiary alicyclic amines) is 1. The Morgan fingerprint density at radius 3 is 1.70 bits per heavy atom. The molecule has 0 atom stereocenters. The van der Waals surface area contributed by atoms with E-state index in [1.54, 1.807) is 0 Å². The number of piperidine rings is 1. The van der Waals surface area contributed by atoms with Crippen molar-refractivity contribution < 1.29 is 14.7 Å². The molecule has 6 rings (SSSR count). The number of hydrogen-bond acceptors (Lipinski definition) is 5. The molecule has 0 radical (unpaired) electrons. The van der Waals surface area contributed by atoms with Crippen LogP contribution in [0.1, 0.15) is 39.1 Å². The number of carbonyl (C=O) groups is 2. The van der Waals surface area contributed by atoms with Crippen LogP contribution in [0.25, 0.3) is 22.5 Å². The molecule has 3 aromatic carbocycles. The number of pyridine rings is 1. The average Bonchev–Trinajstić information content (AvgIpc) is 3.09. The van der Waals surface area contributed by atoms with Crippen molar-refractivity contribution in [1.29, 1.82) is 0 Å². The predicted molar refractivity (Wildman–Crippen MR) is 169 cm³/mol. The summed E-state index contributed by atoms with van der Waals surface area (Å²) in [6.07, 6.45) is 2.48. The fraction of sp³-hybridized carbons (Fsp3) is 0.306. The topological polar surface area (TPSA) is 77.0 Å². The number of piperazine rings is 1. The highest BCUT2D eigenvalue weighted by molar-refractivity contribution is 5.96. The third kappa shape index (κ3) is 6.69. The Kier molecular flexibility index (Phi) is 8.91. The zero-order valence-corrected chi connectivity index (χ0v) is 24.4. The molecule has 2 fully saturated rings. The summed E-state index contributed by atoms with van der Waals surface area (Å²) in [6, 6.07) is 31.9. The summed E-state index contributed by atoms with van der Waals surface area (Å²) in [4.78, 5) is 38.2. The van der Waals surface area contributed by atoms with Gasteiger partial charge in [0.05, 0.1) is 11.4 Å². The molecule has 2 amide bonds. The van der Waals surface area contributed by atoms with Crippen molar-refractivity contribution in [2.24, 2.45) is 0 Å². The maximum Gasteiger partial charge on any atom is 0.254 e. The fourth-order valence-electron chi connectivity index (χ4n) is 6.20. The maximum atomic E-state index is 13.8. The Labute approximate surface area is 253 Å². The molecule has 43 heavy (non-hydrogen) atoms. The zero-order valence-electron chi connectivity index (χ0n) is 24.4. The Bertz CT molecular complexity index is 1470. The Morgan fingerprint density at radius 1 is 0.651 bits per heavy atom. The van der Waals surface area contributed by atoms with Gasteiger partial charge >= 0.3 is 0 Å². The van der Waals surface area contributed by atoms with Crippen LogP contribution in [0.5, 0.6) is 0 Å². The number of aliphatic hydroxyl groups excluding tert-OH is 1. The molecule has 0 saturated carbocycles. The van der Waals surface area contributed by atoms with Gasteiger partial charge < -0.3 is 14.9 Å². The molecule has 2 saturated heterocycles.